The molecule has 2 aromatic heterocycles. The summed E-state index contributed by atoms with van der Waals surface area (Å²) in [7, 11) is 1.76. The molecule has 1 fully saturated rings. The molecule has 176 valence electrons. The Morgan fingerprint density at radius 2 is 2.06 bits per heavy atom. The second-order valence-electron chi connectivity index (χ2n) is 8.93. The zero-order valence-electron chi connectivity index (χ0n) is 19.5. The molecule has 2 N–H and O–H groups in total. The molecular weight excluding hydrogens is 420 g/mol. The SMILES string of the molecule is CC[C@H](NCc1ccc2c(c1)nc(-c1cc(C)c(=O)n(C)c1)n2CC1CCOCC1)C(=O)O. The molecular formula is C25H32N4O4. The van der Waals surface area contributed by atoms with E-state index in [1.807, 2.05) is 38.2 Å². The van der Waals surface area contributed by atoms with Crippen LogP contribution in [0.5, 0.6) is 0 Å². The smallest absolute Gasteiger partial charge is 0.320 e. The van der Waals surface area contributed by atoms with E-state index in [1.54, 1.807) is 11.6 Å². The van der Waals surface area contributed by atoms with Crippen LogP contribution in [0, 0.1) is 12.8 Å². The monoisotopic (exact) mass is 452 g/mol. The van der Waals surface area contributed by atoms with Crippen molar-refractivity contribution in [3.05, 3.63) is 51.9 Å². The molecule has 0 aliphatic carbocycles. The fourth-order valence-electron chi connectivity index (χ4n) is 4.52. The summed E-state index contributed by atoms with van der Waals surface area (Å²) < 4.78 is 9.41. The number of hydrogen-bond acceptors (Lipinski definition) is 5. The first-order valence-corrected chi connectivity index (χ1v) is 11.6. The standard InChI is InChI=1S/C25H32N4O4/c1-4-20(25(31)32)26-13-18-5-6-22-21(12-18)27-23(19-11-16(2)24(30)28(3)15-19)29(22)14-17-7-9-33-10-8-17/h5-6,11-12,15,17,20,26H,4,7-10,13-14H2,1-3H3,(H,31,32)/t20-/m0/s1. The van der Waals surface area contributed by atoms with Gasteiger partial charge in [-0.15, -0.1) is 0 Å². The Labute approximate surface area is 193 Å². The molecule has 0 bridgehead atoms. The van der Waals surface area contributed by atoms with Gasteiger partial charge in [-0.2, -0.15) is 0 Å². The first-order chi connectivity index (χ1) is 15.9. The van der Waals surface area contributed by atoms with E-state index < -0.39 is 12.0 Å². The summed E-state index contributed by atoms with van der Waals surface area (Å²) in [4.78, 5) is 28.5. The number of carboxylic acid groups (broad SMARTS) is 1. The van der Waals surface area contributed by atoms with Crippen LogP contribution in [-0.4, -0.2) is 44.4 Å². The van der Waals surface area contributed by atoms with Gasteiger partial charge in [-0.1, -0.05) is 13.0 Å². The van der Waals surface area contributed by atoms with Gasteiger partial charge in [0, 0.05) is 50.7 Å². The van der Waals surface area contributed by atoms with E-state index in [4.69, 9.17) is 9.72 Å². The topological polar surface area (TPSA) is 98.4 Å². The third-order valence-corrected chi connectivity index (χ3v) is 6.47. The average molecular weight is 453 g/mol. The number of aliphatic carboxylic acids is 1. The van der Waals surface area contributed by atoms with E-state index in [2.05, 4.69) is 16.0 Å². The fourth-order valence-corrected chi connectivity index (χ4v) is 4.52. The van der Waals surface area contributed by atoms with E-state index in [-0.39, 0.29) is 5.56 Å². The molecule has 8 heteroatoms. The minimum Gasteiger partial charge on any atom is -0.480 e. The predicted octanol–water partition coefficient (Wildman–Crippen LogP) is 3.09. The van der Waals surface area contributed by atoms with Crippen molar-refractivity contribution in [1.82, 2.24) is 19.4 Å². The zero-order valence-corrected chi connectivity index (χ0v) is 19.5. The van der Waals surface area contributed by atoms with Gasteiger partial charge in [-0.05, 0) is 55.9 Å². The first-order valence-electron chi connectivity index (χ1n) is 11.6. The summed E-state index contributed by atoms with van der Waals surface area (Å²) in [5.41, 5.74) is 4.48. The molecule has 1 aromatic carbocycles. The Balaban J connectivity index is 1.73. The number of aromatic nitrogens is 3. The van der Waals surface area contributed by atoms with Crippen LogP contribution in [0.25, 0.3) is 22.4 Å². The van der Waals surface area contributed by atoms with Crippen LogP contribution < -0.4 is 10.9 Å². The largest absolute Gasteiger partial charge is 0.480 e. The molecule has 8 nitrogen and oxygen atoms in total. The Morgan fingerprint density at radius 3 is 2.73 bits per heavy atom. The third kappa shape index (κ3) is 5.02. The number of pyridine rings is 1. The lowest BCUT2D eigenvalue weighted by molar-refractivity contribution is -0.139. The zero-order chi connectivity index (χ0) is 23.5. The van der Waals surface area contributed by atoms with Crippen molar-refractivity contribution in [1.29, 1.82) is 0 Å². The fraction of sp³-hybridized carbons (Fsp3) is 0.480. The number of nitrogens with zero attached hydrogens (tertiary/aromatic N) is 3. The normalized spacial score (nSPS) is 15.7. The van der Waals surface area contributed by atoms with Crippen molar-refractivity contribution < 1.29 is 14.6 Å². The van der Waals surface area contributed by atoms with Crippen LogP contribution in [0.2, 0.25) is 0 Å². The lowest BCUT2D eigenvalue weighted by atomic mass is 10.00. The van der Waals surface area contributed by atoms with Gasteiger partial charge in [-0.3, -0.25) is 9.59 Å². The summed E-state index contributed by atoms with van der Waals surface area (Å²) in [5.74, 6) is 0.509. The highest BCUT2D eigenvalue weighted by atomic mass is 16.5. The molecule has 0 saturated carbocycles. The second-order valence-corrected chi connectivity index (χ2v) is 8.93. The maximum atomic E-state index is 12.2. The minimum absolute atomic E-state index is 0.0110. The van der Waals surface area contributed by atoms with E-state index in [0.29, 0.717) is 24.4 Å². The molecule has 1 saturated heterocycles. The van der Waals surface area contributed by atoms with E-state index in [0.717, 1.165) is 60.6 Å². The number of nitrogens with one attached hydrogen (secondary N) is 1. The van der Waals surface area contributed by atoms with Crippen molar-refractivity contribution in [2.45, 2.75) is 52.2 Å². The highest BCUT2D eigenvalue weighted by Crippen LogP contribution is 2.29. The number of rotatable bonds is 8. The Bertz CT molecular complexity index is 1180. The number of imidazole rings is 1. The van der Waals surface area contributed by atoms with Gasteiger partial charge in [0.05, 0.1) is 11.0 Å². The molecule has 0 spiro atoms. The Kier molecular flexibility index (Phi) is 6.95. The van der Waals surface area contributed by atoms with Crippen LogP contribution in [0.3, 0.4) is 0 Å². The lowest BCUT2D eigenvalue weighted by Gasteiger charge is -2.23. The van der Waals surface area contributed by atoms with E-state index in [9.17, 15) is 14.7 Å². The number of fused-ring (bicyclic) bond motifs is 1. The van der Waals surface area contributed by atoms with Crippen molar-refractivity contribution in [2.24, 2.45) is 13.0 Å². The van der Waals surface area contributed by atoms with E-state index >= 15 is 0 Å². The van der Waals surface area contributed by atoms with Gasteiger partial charge >= 0.3 is 5.97 Å². The highest BCUT2D eigenvalue weighted by molar-refractivity contribution is 5.81. The molecule has 4 rings (SSSR count). The Morgan fingerprint density at radius 1 is 1.30 bits per heavy atom. The molecule has 33 heavy (non-hydrogen) atoms. The van der Waals surface area contributed by atoms with Gasteiger partial charge < -0.3 is 24.3 Å². The molecule has 1 aliphatic rings. The van der Waals surface area contributed by atoms with Crippen LogP contribution >= 0.6 is 0 Å². The van der Waals surface area contributed by atoms with E-state index in [1.165, 1.54) is 0 Å². The van der Waals surface area contributed by atoms with Gasteiger partial charge in [-0.25, -0.2) is 4.98 Å². The number of aryl methyl sites for hydroxylation is 2. The molecule has 1 aliphatic heterocycles. The predicted molar refractivity (Wildman–Crippen MR) is 127 cm³/mol. The molecule has 1 atom stereocenters. The van der Waals surface area contributed by atoms with Crippen LogP contribution in [-0.2, 0) is 29.7 Å². The highest BCUT2D eigenvalue weighted by Gasteiger charge is 2.21. The quantitative estimate of drug-likeness (QED) is 0.545. The summed E-state index contributed by atoms with van der Waals surface area (Å²) in [6.07, 6.45) is 4.40. The van der Waals surface area contributed by atoms with Crippen molar-refractivity contribution in [3.8, 4) is 11.4 Å². The maximum Gasteiger partial charge on any atom is 0.320 e. The molecule has 3 aromatic rings. The lowest BCUT2D eigenvalue weighted by Crippen LogP contribution is -2.35. The van der Waals surface area contributed by atoms with Crippen LogP contribution in [0.15, 0.2) is 35.3 Å². The summed E-state index contributed by atoms with van der Waals surface area (Å²) in [5, 5.41) is 12.4. The van der Waals surface area contributed by atoms with Crippen LogP contribution in [0.4, 0.5) is 0 Å². The number of benzene rings is 1. The number of carboxylic acids is 1. The third-order valence-electron chi connectivity index (χ3n) is 6.47. The van der Waals surface area contributed by atoms with Gasteiger partial charge in [0.25, 0.3) is 5.56 Å². The number of ether oxygens (including phenoxy) is 1. The molecule has 0 radical (unpaired) electrons. The summed E-state index contributed by atoms with van der Waals surface area (Å²) >= 11 is 0. The summed E-state index contributed by atoms with van der Waals surface area (Å²) in [6, 6.07) is 7.46. The molecule has 0 unspecified atom stereocenters. The first kappa shape index (κ1) is 23.2. The molecule has 0 amide bonds. The number of carbonyl (C=O) groups is 1. The van der Waals surface area contributed by atoms with Gasteiger partial charge in [0.1, 0.15) is 11.9 Å². The maximum absolute atomic E-state index is 12.2. The van der Waals surface area contributed by atoms with Gasteiger partial charge in [0.2, 0.25) is 0 Å². The minimum atomic E-state index is -0.841. The second kappa shape index (κ2) is 9.89. The number of hydrogen-bond donors (Lipinski definition) is 2. The molecule has 3 heterocycles. The van der Waals surface area contributed by atoms with Gasteiger partial charge in [0.15, 0.2) is 0 Å². The van der Waals surface area contributed by atoms with Crippen molar-refractivity contribution in [2.75, 3.05) is 13.2 Å². The van der Waals surface area contributed by atoms with Crippen molar-refractivity contribution in [3.63, 3.8) is 0 Å². The van der Waals surface area contributed by atoms with Crippen molar-refractivity contribution >= 4 is 17.0 Å². The average Bonchev–Trinajstić information content (AvgIpc) is 3.15. The van der Waals surface area contributed by atoms with Crippen LogP contribution in [0.1, 0.15) is 37.3 Å². The Hall–Kier alpha value is -2.97. The summed E-state index contributed by atoms with van der Waals surface area (Å²) in [6.45, 7) is 6.54.